The Labute approximate surface area is 88.0 Å². The SMILES string of the molecule is C=C(CCCC)C(=O)O.CO[SiH2]OC. The lowest BCUT2D eigenvalue weighted by molar-refractivity contribution is -0.132. The summed E-state index contributed by atoms with van der Waals surface area (Å²) in [5.74, 6) is -0.872. The van der Waals surface area contributed by atoms with Gasteiger partial charge in [0.05, 0.1) is 0 Å². The number of aliphatic carboxylic acids is 1. The Kier molecular flexibility index (Phi) is 13.9. The topological polar surface area (TPSA) is 55.8 Å². The van der Waals surface area contributed by atoms with Gasteiger partial charge in [-0.15, -0.1) is 0 Å². The Morgan fingerprint density at radius 1 is 1.43 bits per heavy atom. The van der Waals surface area contributed by atoms with Crippen molar-refractivity contribution in [2.75, 3.05) is 14.2 Å². The summed E-state index contributed by atoms with van der Waals surface area (Å²) in [7, 11) is 2.73. The number of rotatable bonds is 6. The molecule has 0 aliphatic heterocycles. The van der Waals surface area contributed by atoms with Gasteiger partial charge in [-0.1, -0.05) is 19.9 Å². The standard InChI is InChI=1S/C7H12O2.C2H8O2Si/c1-3-4-5-6(2)7(8)9;1-3-5-4-2/h2-5H2,1H3,(H,8,9);5H2,1-2H3. The summed E-state index contributed by atoms with van der Waals surface area (Å²) in [6, 6.07) is 0. The van der Waals surface area contributed by atoms with Crippen molar-refractivity contribution in [1.82, 2.24) is 0 Å². The minimum atomic E-state index is -0.872. The fourth-order valence-corrected chi connectivity index (χ4v) is 0.851. The highest BCUT2D eigenvalue weighted by Crippen LogP contribution is 2.03. The molecule has 5 heteroatoms. The fourth-order valence-electron chi connectivity index (χ4n) is 0.615. The van der Waals surface area contributed by atoms with Gasteiger partial charge in [0.2, 0.25) is 0 Å². The lowest BCUT2D eigenvalue weighted by atomic mass is 10.1. The maximum absolute atomic E-state index is 10.1. The van der Waals surface area contributed by atoms with Crippen molar-refractivity contribution in [2.24, 2.45) is 0 Å². The normalized spacial score (nSPS) is 8.79. The van der Waals surface area contributed by atoms with Gasteiger partial charge in [-0.3, -0.25) is 0 Å². The molecule has 0 heterocycles. The van der Waals surface area contributed by atoms with Crippen LogP contribution < -0.4 is 0 Å². The Morgan fingerprint density at radius 2 is 1.93 bits per heavy atom. The van der Waals surface area contributed by atoms with Crippen LogP contribution in [0.2, 0.25) is 0 Å². The molecule has 14 heavy (non-hydrogen) atoms. The van der Waals surface area contributed by atoms with Crippen LogP contribution in [0.1, 0.15) is 26.2 Å². The van der Waals surface area contributed by atoms with Crippen molar-refractivity contribution in [1.29, 1.82) is 0 Å². The van der Waals surface area contributed by atoms with E-state index in [2.05, 4.69) is 15.4 Å². The maximum Gasteiger partial charge on any atom is 0.330 e. The van der Waals surface area contributed by atoms with E-state index in [9.17, 15) is 4.79 Å². The quantitative estimate of drug-likeness (QED) is 0.538. The third kappa shape index (κ3) is 13.9. The molecule has 0 aromatic heterocycles. The Bertz CT molecular complexity index is 157. The predicted octanol–water partition coefficient (Wildman–Crippen LogP) is 1.10. The monoisotopic (exact) mass is 220 g/mol. The zero-order valence-electron chi connectivity index (χ0n) is 9.21. The van der Waals surface area contributed by atoms with Crippen molar-refractivity contribution in [2.45, 2.75) is 26.2 Å². The molecule has 0 rings (SSSR count). The molecule has 4 nitrogen and oxygen atoms in total. The average Bonchev–Trinajstić information content (AvgIpc) is 2.16. The van der Waals surface area contributed by atoms with E-state index in [0.717, 1.165) is 12.8 Å². The lowest BCUT2D eigenvalue weighted by Gasteiger charge is -1.95. The number of unbranched alkanes of at least 4 members (excludes halogenated alkanes) is 1. The third-order valence-corrected chi connectivity index (χ3v) is 1.84. The van der Waals surface area contributed by atoms with Gasteiger partial charge in [-0.25, -0.2) is 4.79 Å². The predicted molar refractivity (Wildman–Crippen MR) is 58.9 cm³/mol. The second-order valence-electron chi connectivity index (χ2n) is 2.71. The first-order valence-corrected chi connectivity index (χ1v) is 5.64. The molecule has 0 saturated heterocycles. The number of carboxylic acids is 1. The number of hydrogen-bond acceptors (Lipinski definition) is 3. The van der Waals surface area contributed by atoms with Crippen LogP contribution in [0.5, 0.6) is 0 Å². The van der Waals surface area contributed by atoms with E-state index in [1.165, 1.54) is 0 Å². The van der Waals surface area contributed by atoms with Crippen LogP contribution in [0.3, 0.4) is 0 Å². The largest absolute Gasteiger partial charge is 0.478 e. The smallest absolute Gasteiger partial charge is 0.330 e. The van der Waals surface area contributed by atoms with Crippen molar-refractivity contribution in [3.8, 4) is 0 Å². The first-order chi connectivity index (χ1) is 6.59. The molecular formula is C9H20O4Si. The molecule has 0 bridgehead atoms. The van der Waals surface area contributed by atoms with Gasteiger partial charge >= 0.3 is 16.0 Å². The molecule has 0 fully saturated rings. The van der Waals surface area contributed by atoms with Crippen LogP contribution in [0.15, 0.2) is 12.2 Å². The summed E-state index contributed by atoms with van der Waals surface area (Å²) in [4.78, 5) is 10.1. The van der Waals surface area contributed by atoms with E-state index in [0.29, 0.717) is 12.0 Å². The molecule has 0 aromatic carbocycles. The van der Waals surface area contributed by atoms with Crippen molar-refractivity contribution >= 4 is 16.0 Å². The van der Waals surface area contributed by atoms with Crippen LogP contribution in [0.25, 0.3) is 0 Å². The minimum Gasteiger partial charge on any atom is -0.478 e. The molecule has 0 aliphatic rings. The van der Waals surface area contributed by atoms with E-state index in [1.54, 1.807) is 14.2 Å². The number of carbonyl (C=O) groups is 1. The van der Waals surface area contributed by atoms with Gasteiger partial charge in [0, 0.05) is 19.8 Å². The zero-order chi connectivity index (χ0) is 11.4. The van der Waals surface area contributed by atoms with Gasteiger partial charge < -0.3 is 14.0 Å². The Balaban J connectivity index is 0. The average molecular weight is 220 g/mol. The molecule has 0 saturated carbocycles. The van der Waals surface area contributed by atoms with Crippen molar-refractivity contribution in [3.05, 3.63) is 12.2 Å². The summed E-state index contributed by atoms with van der Waals surface area (Å²) in [6.45, 7) is 5.42. The molecule has 0 radical (unpaired) electrons. The Morgan fingerprint density at radius 3 is 2.14 bits per heavy atom. The molecular weight excluding hydrogens is 200 g/mol. The summed E-state index contributed by atoms with van der Waals surface area (Å²) in [5, 5.41) is 8.31. The van der Waals surface area contributed by atoms with Crippen LogP contribution >= 0.6 is 0 Å². The van der Waals surface area contributed by atoms with E-state index in [4.69, 9.17) is 5.11 Å². The molecule has 0 atom stereocenters. The highest BCUT2D eigenvalue weighted by Gasteiger charge is 2.00. The minimum absolute atomic E-state index is 0.317. The van der Waals surface area contributed by atoms with E-state index in [-0.39, 0.29) is 0 Å². The molecule has 0 unspecified atom stereocenters. The van der Waals surface area contributed by atoms with Gasteiger partial charge in [0.1, 0.15) is 0 Å². The van der Waals surface area contributed by atoms with E-state index in [1.807, 2.05) is 6.92 Å². The molecule has 84 valence electrons. The molecule has 0 aliphatic carbocycles. The summed E-state index contributed by atoms with van der Waals surface area (Å²) in [6.07, 6.45) is 2.56. The Hall–Kier alpha value is -0.653. The van der Waals surface area contributed by atoms with E-state index < -0.39 is 16.0 Å². The first-order valence-electron chi connectivity index (χ1n) is 4.49. The molecule has 0 spiro atoms. The highest BCUT2D eigenvalue weighted by molar-refractivity contribution is 6.17. The van der Waals surface area contributed by atoms with E-state index >= 15 is 0 Å². The molecule has 0 amide bonds. The molecule has 1 N–H and O–H groups in total. The zero-order valence-corrected chi connectivity index (χ0v) is 10.6. The van der Waals surface area contributed by atoms with Crippen LogP contribution in [-0.2, 0) is 13.6 Å². The maximum atomic E-state index is 10.1. The van der Waals surface area contributed by atoms with Crippen molar-refractivity contribution < 1.29 is 18.8 Å². The highest BCUT2D eigenvalue weighted by atomic mass is 28.3. The van der Waals surface area contributed by atoms with Gasteiger partial charge in [-0.05, 0) is 12.8 Å². The molecule has 0 aromatic rings. The summed E-state index contributed by atoms with van der Waals surface area (Å²) < 4.78 is 9.22. The fraction of sp³-hybridized carbons (Fsp3) is 0.667. The van der Waals surface area contributed by atoms with Crippen LogP contribution in [-0.4, -0.2) is 35.3 Å². The second kappa shape index (κ2) is 12.3. The summed E-state index contributed by atoms with van der Waals surface area (Å²) >= 11 is 0. The third-order valence-electron chi connectivity index (χ3n) is 1.37. The van der Waals surface area contributed by atoms with Crippen molar-refractivity contribution in [3.63, 3.8) is 0 Å². The second-order valence-corrected chi connectivity index (χ2v) is 4.10. The van der Waals surface area contributed by atoms with Crippen LogP contribution in [0.4, 0.5) is 0 Å². The van der Waals surface area contributed by atoms with Crippen LogP contribution in [0, 0.1) is 0 Å². The lowest BCUT2D eigenvalue weighted by Crippen LogP contribution is -1.97. The summed E-state index contributed by atoms with van der Waals surface area (Å²) in [5.41, 5.74) is 0.317. The van der Waals surface area contributed by atoms with Gasteiger partial charge in [0.25, 0.3) is 0 Å². The number of hydrogen-bond donors (Lipinski definition) is 1. The number of carboxylic acid groups (broad SMARTS) is 1. The van der Waals surface area contributed by atoms with Gasteiger partial charge in [0.15, 0.2) is 0 Å². The first kappa shape index (κ1) is 15.8. The van der Waals surface area contributed by atoms with Gasteiger partial charge in [-0.2, -0.15) is 0 Å².